The predicted molar refractivity (Wildman–Crippen MR) is 176 cm³/mol. The lowest BCUT2D eigenvalue weighted by Gasteiger charge is -2.31. The zero-order valence-electron chi connectivity index (χ0n) is 28.1. The lowest BCUT2D eigenvalue weighted by Crippen LogP contribution is -2.46. The number of pyridine rings is 2. The number of hydrogen-bond acceptors (Lipinski definition) is 10. The number of carbonyl (C=O) groups is 6. The molecule has 0 fully saturated rings. The molecule has 51 heavy (non-hydrogen) atoms. The maximum Gasteiger partial charge on any atom is 0.343 e. The van der Waals surface area contributed by atoms with Crippen molar-refractivity contribution in [2.45, 2.75) is 64.8 Å². The highest BCUT2D eigenvalue weighted by Crippen LogP contribution is 2.45. The Morgan fingerprint density at radius 2 is 1.59 bits per heavy atom. The third-order valence-electron chi connectivity index (χ3n) is 9.55. The van der Waals surface area contributed by atoms with Crippen LogP contribution in [0.1, 0.15) is 66.1 Å². The number of nitrogens with zero attached hydrogens (tertiary/aromatic N) is 2. The maximum absolute atomic E-state index is 15.2. The van der Waals surface area contributed by atoms with E-state index in [1.165, 1.54) is 17.6 Å². The van der Waals surface area contributed by atoms with E-state index in [4.69, 9.17) is 9.72 Å². The number of amides is 5. The van der Waals surface area contributed by atoms with Crippen LogP contribution in [0.4, 0.5) is 4.39 Å². The van der Waals surface area contributed by atoms with Gasteiger partial charge in [-0.15, -0.1) is 0 Å². The minimum Gasteiger partial charge on any atom is -0.458 e. The summed E-state index contributed by atoms with van der Waals surface area (Å²) in [5.41, 5.74) is 1.29. The summed E-state index contributed by atoms with van der Waals surface area (Å²) < 4.78 is 21.8. The summed E-state index contributed by atoms with van der Waals surface area (Å²) in [5, 5.41) is 24.2. The van der Waals surface area contributed by atoms with Crippen molar-refractivity contribution in [3.8, 4) is 11.4 Å². The molecule has 0 unspecified atom stereocenters. The first-order valence-electron chi connectivity index (χ1n) is 16.4. The fourth-order valence-corrected chi connectivity index (χ4v) is 6.87. The van der Waals surface area contributed by atoms with Crippen molar-refractivity contribution in [2.24, 2.45) is 0 Å². The topological polar surface area (TPSA) is 227 Å². The summed E-state index contributed by atoms with van der Waals surface area (Å²) in [6.07, 6.45) is 0.767. The van der Waals surface area contributed by atoms with Gasteiger partial charge in [-0.05, 0) is 48.9 Å². The fourth-order valence-electron chi connectivity index (χ4n) is 6.87. The first-order valence-corrected chi connectivity index (χ1v) is 16.4. The Morgan fingerprint density at radius 1 is 0.961 bits per heavy atom. The van der Waals surface area contributed by atoms with E-state index in [0.29, 0.717) is 51.8 Å². The Morgan fingerprint density at radius 3 is 2.22 bits per heavy atom. The number of aryl methyl sites for hydroxylation is 1. The molecule has 4 heterocycles. The summed E-state index contributed by atoms with van der Waals surface area (Å²) >= 11 is 0. The number of aliphatic hydroxyl groups is 1. The van der Waals surface area contributed by atoms with E-state index < -0.39 is 78.2 Å². The maximum atomic E-state index is 15.2. The average molecular weight is 706 g/mol. The van der Waals surface area contributed by atoms with Gasteiger partial charge in [-0.3, -0.25) is 28.8 Å². The van der Waals surface area contributed by atoms with Crippen LogP contribution in [-0.2, 0) is 58.7 Å². The monoisotopic (exact) mass is 705 g/mol. The summed E-state index contributed by atoms with van der Waals surface area (Å²) in [6, 6.07) is 2.27. The molecule has 5 amide bonds. The number of benzene rings is 1. The summed E-state index contributed by atoms with van der Waals surface area (Å²) in [7, 11) is 0. The Kier molecular flexibility index (Phi) is 9.33. The van der Waals surface area contributed by atoms with Crippen molar-refractivity contribution in [3.63, 3.8) is 0 Å². The zero-order chi connectivity index (χ0) is 36.8. The Bertz CT molecular complexity index is 2110. The molecule has 6 rings (SSSR count). The number of cyclic esters (lactones) is 1. The van der Waals surface area contributed by atoms with E-state index in [0.717, 1.165) is 5.56 Å². The van der Waals surface area contributed by atoms with Crippen molar-refractivity contribution in [1.82, 2.24) is 36.1 Å². The molecular formula is C34H36FN7O9. The van der Waals surface area contributed by atoms with Crippen molar-refractivity contribution >= 4 is 46.4 Å². The summed E-state index contributed by atoms with van der Waals surface area (Å²) in [6.45, 7) is 2.66. The molecule has 1 aliphatic carbocycles. The van der Waals surface area contributed by atoms with Crippen molar-refractivity contribution in [3.05, 3.63) is 61.7 Å². The van der Waals surface area contributed by atoms with E-state index in [-0.39, 0.29) is 37.2 Å². The van der Waals surface area contributed by atoms with E-state index in [1.54, 1.807) is 19.9 Å². The minimum atomic E-state index is -2.03. The molecule has 6 N–H and O–H groups in total. The van der Waals surface area contributed by atoms with Gasteiger partial charge in [0.05, 0.1) is 61.2 Å². The third kappa shape index (κ3) is 6.40. The van der Waals surface area contributed by atoms with Gasteiger partial charge < -0.3 is 41.0 Å². The van der Waals surface area contributed by atoms with E-state index in [1.807, 2.05) is 0 Å². The molecule has 16 nitrogen and oxygen atoms in total. The van der Waals surface area contributed by atoms with E-state index in [9.17, 15) is 38.7 Å². The van der Waals surface area contributed by atoms with E-state index >= 15 is 4.39 Å². The minimum absolute atomic E-state index is 0.0326. The molecule has 268 valence electrons. The summed E-state index contributed by atoms with van der Waals surface area (Å²) in [4.78, 5) is 91.3. The van der Waals surface area contributed by atoms with E-state index in [2.05, 4.69) is 26.6 Å². The Hall–Kier alpha value is -5.71. The van der Waals surface area contributed by atoms with Gasteiger partial charge in [-0.2, -0.15) is 0 Å². The first kappa shape index (κ1) is 35.1. The largest absolute Gasteiger partial charge is 0.458 e. The highest BCUT2D eigenvalue weighted by atomic mass is 19.1. The number of ether oxygens (including phenoxy) is 1. The molecule has 0 bridgehead atoms. The van der Waals surface area contributed by atoms with Crippen LogP contribution in [0.15, 0.2) is 16.9 Å². The second-order valence-corrected chi connectivity index (χ2v) is 12.7. The molecule has 3 aliphatic rings. The van der Waals surface area contributed by atoms with Crippen molar-refractivity contribution < 1.29 is 43.0 Å². The first-order chi connectivity index (χ1) is 24.2. The fraction of sp³-hybridized carbons (Fsp3) is 0.412. The predicted octanol–water partition coefficient (Wildman–Crippen LogP) is -0.885. The van der Waals surface area contributed by atoms with Gasteiger partial charge in [0.2, 0.25) is 29.5 Å². The smallest absolute Gasteiger partial charge is 0.343 e. The molecule has 0 saturated carbocycles. The molecular weight excluding hydrogens is 669 g/mol. The molecule has 2 atom stereocenters. The molecule has 0 spiro atoms. The Labute approximate surface area is 289 Å². The quantitative estimate of drug-likeness (QED) is 0.112. The van der Waals surface area contributed by atoms with Crippen LogP contribution >= 0.6 is 0 Å². The number of esters is 1. The van der Waals surface area contributed by atoms with Gasteiger partial charge in [0, 0.05) is 29.5 Å². The molecule has 17 heteroatoms. The second-order valence-electron chi connectivity index (χ2n) is 12.7. The van der Waals surface area contributed by atoms with Gasteiger partial charge >= 0.3 is 5.97 Å². The molecule has 0 saturated heterocycles. The molecule has 2 aliphatic heterocycles. The number of carbonyl (C=O) groups excluding carboxylic acids is 6. The van der Waals surface area contributed by atoms with Crippen LogP contribution in [0.25, 0.3) is 22.3 Å². The van der Waals surface area contributed by atoms with Crippen LogP contribution in [0.5, 0.6) is 0 Å². The lowest BCUT2D eigenvalue weighted by atomic mass is 9.81. The molecule has 2 aromatic heterocycles. The average Bonchev–Trinajstić information content (AvgIpc) is 3.47. The number of aromatic nitrogens is 2. The Balaban J connectivity index is 1.21. The number of fused-ring (bicyclic) bond motifs is 5. The number of hydrogen-bond donors (Lipinski definition) is 6. The van der Waals surface area contributed by atoms with Crippen LogP contribution in [0, 0.1) is 12.7 Å². The number of nitrogens with one attached hydrogen (secondary N) is 5. The normalized spacial score (nSPS) is 18.1. The molecule has 1 aromatic carbocycles. The number of halogens is 1. The lowest BCUT2D eigenvalue weighted by molar-refractivity contribution is -0.172. The van der Waals surface area contributed by atoms with Crippen LogP contribution in [0.2, 0.25) is 0 Å². The van der Waals surface area contributed by atoms with Crippen molar-refractivity contribution in [2.75, 3.05) is 26.2 Å². The number of rotatable bonds is 10. The third-order valence-corrected chi connectivity index (χ3v) is 9.55. The van der Waals surface area contributed by atoms with Gasteiger partial charge in [0.25, 0.3) is 5.56 Å². The standard InChI is InChI=1S/C34H36FN7O9/c1-4-34(50)20-7-24-31-18(13-42(24)32(48)19(20)14-51-33(34)49)30-22(6-5-17-15(2)21(35)8-23(41-31)29(17)30)40-28(47)12-39-27(46)11-38-26(45)10-37-25(44)9-36-16(3)43/h7-8,22,50H,4-6,9-14H2,1-3H3,(H,36,43)(H,37,44)(H,38,45)(H,39,46)(H,40,47)/t22-,34-/m0/s1. The van der Waals surface area contributed by atoms with Crippen molar-refractivity contribution in [1.29, 1.82) is 0 Å². The van der Waals surface area contributed by atoms with Crippen LogP contribution < -0.4 is 32.1 Å². The summed E-state index contributed by atoms with van der Waals surface area (Å²) in [5.74, 6) is -4.17. The van der Waals surface area contributed by atoms with Gasteiger partial charge in [-0.1, -0.05) is 6.92 Å². The zero-order valence-corrected chi connectivity index (χ0v) is 28.1. The van der Waals surface area contributed by atoms with Gasteiger partial charge in [0.15, 0.2) is 5.60 Å². The van der Waals surface area contributed by atoms with Crippen LogP contribution in [-0.4, -0.2) is 76.3 Å². The van der Waals surface area contributed by atoms with Crippen LogP contribution in [0.3, 0.4) is 0 Å². The van der Waals surface area contributed by atoms with Gasteiger partial charge in [0.1, 0.15) is 12.4 Å². The SMILES string of the molecule is CC[C@@]1(O)C(=O)OCc2c1cc1n(c2=O)Cc2c-1nc1cc(F)c(C)c3c1c2[C@@H](NC(=O)CNC(=O)CNC(=O)CNC(=O)CNC(C)=O)CC3. The highest BCUT2D eigenvalue weighted by molar-refractivity contribution is 5.95. The second kappa shape index (κ2) is 13.5. The van der Waals surface area contributed by atoms with Gasteiger partial charge in [-0.25, -0.2) is 14.2 Å². The highest BCUT2D eigenvalue weighted by Gasteiger charge is 2.46. The molecule has 3 aromatic rings. The molecule has 0 radical (unpaired) electrons.